The molecule has 4 heteroatoms. The lowest BCUT2D eigenvalue weighted by Gasteiger charge is -2.30. The maximum absolute atomic E-state index is 10.2. The second-order valence-corrected chi connectivity index (χ2v) is 4.82. The molecule has 0 saturated heterocycles. The Morgan fingerprint density at radius 2 is 2.25 bits per heavy atom. The molecule has 1 saturated carbocycles. The van der Waals surface area contributed by atoms with Crippen LogP contribution in [0.15, 0.2) is 11.1 Å². The van der Waals surface area contributed by atoms with Gasteiger partial charge in [0.1, 0.15) is 6.61 Å². The summed E-state index contributed by atoms with van der Waals surface area (Å²) < 4.78 is 5.64. The molecule has 0 amide bonds. The largest absolute Gasteiger partial charge is 0.367 e. The van der Waals surface area contributed by atoms with E-state index < -0.39 is 0 Å². The maximum Gasteiger partial charge on any atom is 0.226 e. The number of nitrogens with zero attached hydrogens (tertiary/aromatic N) is 1. The van der Waals surface area contributed by atoms with Gasteiger partial charge in [-0.25, -0.2) is 0 Å². The van der Waals surface area contributed by atoms with Crippen molar-refractivity contribution in [2.24, 2.45) is 5.92 Å². The van der Waals surface area contributed by atoms with E-state index in [1.165, 1.54) is 17.6 Å². The lowest BCUT2D eigenvalue weighted by atomic mass is 9.83. The Balaban J connectivity index is 2.52. The van der Waals surface area contributed by atoms with Gasteiger partial charge in [0, 0.05) is 4.92 Å². The maximum atomic E-state index is 10.2. The molecule has 0 spiro atoms. The van der Waals surface area contributed by atoms with Crippen molar-refractivity contribution < 1.29 is 9.66 Å². The van der Waals surface area contributed by atoms with Crippen molar-refractivity contribution in [2.75, 3.05) is 13.2 Å². The van der Waals surface area contributed by atoms with Crippen molar-refractivity contribution in [1.82, 2.24) is 0 Å². The Kier molecular flexibility index (Phi) is 4.93. The molecule has 1 aliphatic carbocycles. The molecule has 2 atom stereocenters. The van der Waals surface area contributed by atoms with E-state index in [4.69, 9.17) is 4.74 Å². The van der Waals surface area contributed by atoms with Gasteiger partial charge in [-0.15, -0.1) is 0 Å². The fraction of sp³-hybridized carbons (Fsp3) is 0.833. The quantitative estimate of drug-likeness (QED) is 0.421. The van der Waals surface area contributed by atoms with Crippen LogP contribution in [-0.2, 0) is 4.74 Å². The fourth-order valence-corrected chi connectivity index (χ4v) is 2.20. The lowest BCUT2D eigenvalue weighted by Crippen LogP contribution is -2.27. The highest BCUT2D eigenvalue weighted by molar-refractivity contribution is 5.17. The van der Waals surface area contributed by atoms with Gasteiger partial charge < -0.3 is 4.74 Å². The van der Waals surface area contributed by atoms with Crippen molar-refractivity contribution in [2.45, 2.75) is 46.1 Å². The van der Waals surface area contributed by atoms with Gasteiger partial charge in [0.25, 0.3) is 0 Å². The standard InChI is InChI=1S/C12H21NO3/c1-9(2)11-5-4-10(3)8-12(11)16-7-6-13(14)15/h10,12H,4-8H2,1-3H3/t10-,12?/m1/s1. The average Bonchev–Trinajstić information content (AvgIpc) is 2.16. The van der Waals surface area contributed by atoms with Crippen LogP contribution in [0.2, 0.25) is 0 Å². The first kappa shape index (κ1) is 13.2. The van der Waals surface area contributed by atoms with Gasteiger partial charge in [-0.3, -0.25) is 10.1 Å². The molecule has 0 N–H and O–H groups in total. The van der Waals surface area contributed by atoms with Gasteiger partial charge in [-0.1, -0.05) is 12.5 Å². The van der Waals surface area contributed by atoms with Gasteiger partial charge in [0.15, 0.2) is 0 Å². The number of hydrogen-bond donors (Lipinski definition) is 0. The van der Waals surface area contributed by atoms with Crippen molar-refractivity contribution in [1.29, 1.82) is 0 Å². The average molecular weight is 227 g/mol. The lowest BCUT2D eigenvalue weighted by molar-refractivity contribution is -0.484. The molecule has 1 unspecified atom stereocenters. The summed E-state index contributed by atoms with van der Waals surface area (Å²) in [4.78, 5) is 9.91. The van der Waals surface area contributed by atoms with Crippen LogP contribution in [0, 0.1) is 16.0 Å². The Morgan fingerprint density at radius 3 is 2.81 bits per heavy atom. The summed E-state index contributed by atoms with van der Waals surface area (Å²) in [6, 6.07) is 0. The molecule has 0 aromatic carbocycles. The van der Waals surface area contributed by atoms with Crippen LogP contribution in [0.3, 0.4) is 0 Å². The van der Waals surface area contributed by atoms with Crippen molar-refractivity contribution >= 4 is 0 Å². The van der Waals surface area contributed by atoms with Crippen LogP contribution in [0.5, 0.6) is 0 Å². The van der Waals surface area contributed by atoms with Gasteiger partial charge in [-0.2, -0.15) is 0 Å². The third-order valence-electron chi connectivity index (χ3n) is 3.15. The van der Waals surface area contributed by atoms with Gasteiger partial charge in [-0.05, 0) is 44.6 Å². The van der Waals surface area contributed by atoms with E-state index in [9.17, 15) is 10.1 Å². The Hall–Kier alpha value is -0.900. The van der Waals surface area contributed by atoms with Gasteiger partial charge in [0.2, 0.25) is 6.54 Å². The van der Waals surface area contributed by atoms with E-state index in [1.54, 1.807) is 0 Å². The molecule has 0 aromatic rings. The topological polar surface area (TPSA) is 52.4 Å². The predicted molar refractivity (Wildman–Crippen MR) is 63.0 cm³/mol. The zero-order valence-corrected chi connectivity index (χ0v) is 10.4. The Morgan fingerprint density at radius 1 is 1.56 bits per heavy atom. The van der Waals surface area contributed by atoms with Crippen LogP contribution < -0.4 is 0 Å². The van der Waals surface area contributed by atoms with E-state index in [2.05, 4.69) is 20.8 Å². The fourth-order valence-electron chi connectivity index (χ4n) is 2.20. The molecule has 0 heterocycles. The zero-order valence-electron chi connectivity index (χ0n) is 10.4. The Bertz CT molecular complexity index is 282. The highest BCUT2D eigenvalue weighted by Gasteiger charge is 2.25. The van der Waals surface area contributed by atoms with Gasteiger partial charge in [0.05, 0.1) is 6.10 Å². The highest BCUT2D eigenvalue weighted by Crippen LogP contribution is 2.32. The summed E-state index contributed by atoms with van der Waals surface area (Å²) in [5.41, 5.74) is 2.65. The molecule has 1 rings (SSSR count). The minimum absolute atomic E-state index is 0.0963. The first-order chi connectivity index (χ1) is 7.50. The van der Waals surface area contributed by atoms with Crippen LogP contribution in [0.4, 0.5) is 0 Å². The monoisotopic (exact) mass is 227 g/mol. The van der Waals surface area contributed by atoms with Gasteiger partial charge >= 0.3 is 0 Å². The number of allylic oxidation sites excluding steroid dienone is 1. The number of nitro groups is 1. The molecule has 16 heavy (non-hydrogen) atoms. The number of hydrogen-bond acceptors (Lipinski definition) is 3. The van der Waals surface area contributed by atoms with E-state index in [-0.39, 0.29) is 24.2 Å². The van der Waals surface area contributed by atoms with Crippen LogP contribution in [0.25, 0.3) is 0 Å². The Labute approximate surface area is 96.8 Å². The number of rotatable bonds is 4. The third kappa shape index (κ3) is 3.93. The predicted octanol–water partition coefficient (Wildman–Crippen LogP) is 2.80. The summed E-state index contributed by atoms with van der Waals surface area (Å²) >= 11 is 0. The molecule has 0 aromatic heterocycles. The number of ether oxygens (including phenoxy) is 1. The van der Waals surface area contributed by atoms with Crippen molar-refractivity contribution in [3.05, 3.63) is 21.3 Å². The molecular weight excluding hydrogens is 206 g/mol. The molecular formula is C12H21NO3. The first-order valence-corrected chi connectivity index (χ1v) is 5.90. The summed E-state index contributed by atoms with van der Waals surface area (Å²) in [6.07, 6.45) is 3.38. The van der Waals surface area contributed by atoms with E-state index in [0.717, 1.165) is 12.8 Å². The molecule has 4 nitrogen and oxygen atoms in total. The minimum Gasteiger partial charge on any atom is -0.367 e. The molecule has 92 valence electrons. The van der Waals surface area contributed by atoms with Crippen LogP contribution in [0.1, 0.15) is 40.0 Å². The normalized spacial score (nSPS) is 25.6. The van der Waals surface area contributed by atoms with Crippen molar-refractivity contribution in [3.8, 4) is 0 Å². The zero-order chi connectivity index (χ0) is 12.1. The smallest absolute Gasteiger partial charge is 0.226 e. The molecule has 0 aliphatic heterocycles. The minimum atomic E-state index is -0.325. The summed E-state index contributed by atoms with van der Waals surface area (Å²) in [5.74, 6) is 0.656. The van der Waals surface area contributed by atoms with E-state index >= 15 is 0 Å². The molecule has 0 radical (unpaired) electrons. The highest BCUT2D eigenvalue weighted by atomic mass is 16.6. The second kappa shape index (κ2) is 5.99. The summed E-state index contributed by atoms with van der Waals surface area (Å²) in [6.45, 7) is 6.53. The molecule has 0 bridgehead atoms. The first-order valence-electron chi connectivity index (χ1n) is 5.90. The third-order valence-corrected chi connectivity index (χ3v) is 3.15. The SMILES string of the molecule is CC(C)=C1CC[C@@H](C)CC1OCC[N+](=O)[O-]. The van der Waals surface area contributed by atoms with E-state index in [0.29, 0.717) is 5.92 Å². The summed E-state index contributed by atoms with van der Waals surface area (Å²) in [5, 5.41) is 10.2. The molecule has 1 fully saturated rings. The van der Waals surface area contributed by atoms with E-state index in [1.807, 2.05) is 0 Å². The summed E-state index contributed by atoms with van der Waals surface area (Å²) in [7, 11) is 0. The van der Waals surface area contributed by atoms with Crippen LogP contribution in [-0.4, -0.2) is 24.2 Å². The second-order valence-electron chi connectivity index (χ2n) is 4.82. The van der Waals surface area contributed by atoms with Crippen LogP contribution >= 0.6 is 0 Å². The van der Waals surface area contributed by atoms with Crippen molar-refractivity contribution in [3.63, 3.8) is 0 Å². The molecule has 1 aliphatic rings.